The second-order valence-corrected chi connectivity index (χ2v) is 33.3. The van der Waals surface area contributed by atoms with Crippen molar-refractivity contribution in [2.75, 3.05) is 162 Å². The summed E-state index contributed by atoms with van der Waals surface area (Å²) in [5.41, 5.74) is 10.5. The first-order valence-corrected chi connectivity index (χ1v) is 43.5. The number of nitrogens with two attached hydrogens (primary N) is 1. The smallest absolute Gasteiger partial charge is 0.353 e. The van der Waals surface area contributed by atoms with Crippen LogP contribution in [-0.4, -0.2) is 286 Å². The Morgan fingerprint density at radius 2 is 0.512 bits per heavy atom. The van der Waals surface area contributed by atoms with Gasteiger partial charge in [-0.25, -0.2) is 41.7 Å². The second kappa shape index (κ2) is 64.6. The number of halogens is 2. The Balaban J connectivity index is 0. The molecule has 0 atom stereocenters. The molecular weight excluding hydrogens is 1740 g/mol. The Labute approximate surface area is 712 Å². The van der Waals surface area contributed by atoms with Crippen LogP contribution in [0.25, 0.3) is 0 Å². The highest BCUT2D eigenvalue weighted by atomic mass is 35.7. The van der Waals surface area contributed by atoms with E-state index in [1.165, 1.54) is 101 Å². The lowest BCUT2D eigenvalue weighted by Gasteiger charge is -2.34. The molecule has 3 amide bonds. The van der Waals surface area contributed by atoms with E-state index in [9.17, 15) is 68.4 Å². The van der Waals surface area contributed by atoms with Crippen LogP contribution in [0.5, 0.6) is 0 Å². The first kappa shape index (κ1) is 115. The number of benzene rings is 4. The zero-order valence-corrected chi connectivity index (χ0v) is 73.5. The van der Waals surface area contributed by atoms with Crippen molar-refractivity contribution in [1.29, 1.82) is 0 Å². The van der Waals surface area contributed by atoms with E-state index in [0.29, 0.717) is 0 Å². The van der Waals surface area contributed by atoms with E-state index in [4.69, 9.17) is 87.6 Å². The molecule has 0 radical (unpaired) electrons. The molecule has 0 saturated heterocycles. The van der Waals surface area contributed by atoms with Gasteiger partial charge in [0.1, 0.15) is 11.1 Å². The average Bonchev–Trinajstić information content (AvgIpc) is 0.808. The number of aryl methyl sites for hydroxylation is 4. The van der Waals surface area contributed by atoms with Gasteiger partial charge in [-0.05, 0) is 64.1 Å². The Kier molecular flexibility index (Phi) is 61.3. The van der Waals surface area contributed by atoms with Gasteiger partial charge in [0.25, 0.3) is 9.05 Å². The van der Waals surface area contributed by atoms with Gasteiger partial charge < -0.3 is 76.8 Å². The molecule has 11 N–H and O–H groups in total. The fourth-order valence-corrected chi connectivity index (χ4v) is 12.0. The predicted octanol–water partition coefficient (Wildman–Crippen LogP) is 2.87. The maximum absolute atomic E-state index is 13.2. The molecular formula is C73H112Cl2N6O36S4. The van der Waals surface area contributed by atoms with Crippen LogP contribution in [0.2, 0.25) is 0 Å². The van der Waals surface area contributed by atoms with Gasteiger partial charge in [0.15, 0.2) is 0 Å². The number of carbonyl (C=O) groups is 9. The third-order valence-corrected chi connectivity index (χ3v) is 19.5. The van der Waals surface area contributed by atoms with Gasteiger partial charge in [0.2, 0.25) is 37.8 Å². The van der Waals surface area contributed by atoms with Crippen molar-refractivity contribution < 1.29 is 168 Å². The summed E-state index contributed by atoms with van der Waals surface area (Å²) in [4.78, 5) is 101. The summed E-state index contributed by atoms with van der Waals surface area (Å²) in [6, 6.07) is 28.9. The minimum atomic E-state index is -4.19. The average molecular weight is 1850 g/mol. The predicted molar refractivity (Wildman–Crippen MR) is 429 cm³/mol. The molecule has 48 heteroatoms. The van der Waals surface area contributed by atoms with E-state index in [0.717, 1.165) is 16.7 Å². The summed E-state index contributed by atoms with van der Waals surface area (Å²) in [7, 11) is 0.771. The fraction of sp³-hybridized carbons (Fsp3) is 0.548. The number of esters is 6. The maximum atomic E-state index is 13.2. The highest BCUT2D eigenvalue weighted by Crippen LogP contribution is 2.21. The van der Waals surface area contributed by atoms with Crippen molar-refractivity contribution in [2.45, 2.75) is 117 Å². The molecule has 0 saturated carbocycles. The largest absolute Gasteiger partial charge is 0.469 e. The van der Waals surface area contributed by atoms with Gasteiger partial charge in [-0.15, -0.1) is 0 Å². The molecule has 0 aromatic heterocycles. The maximum Gasteiger partial charge on any atom is 0.353 e. The monoisotopic (exact) mass is 1850 g/mol. The Bertz CT molecular complexity index is 3790. The van der Waals surface area contributed by atoms with Crippen molar-refractivity contribution in [3.8, 4) is 0 Å². The molecule has 42 nitrogen and oxygen atoms in total. The molecule has 0 fully saturated rings. The Morgan fingerprint density at radius 1 is 0.322 bits per heavy atom. The number of sulfonamides is 2. The standard InChI is InChI=1S/C23H35NO11S.C20H32N4O11S.C16H29NO9.C7H7ClO2S.C7H8.ClHO3S/c1-18-5-7-19(8-6-18)36(28,29)24-23(15-33-12-9-20(25)30-2,16-34-13-10-21(26)31-3)17-35-14-11-22(27)32-4;1-15-2-4-16(5-3-15)36(31,32)24-20(12-33-9-6-17(25)21-28,13-34-10-7-18(26)22-29)14-35-11-8-19(27)23-30;1-21-13(18)4-7-24-10-16(17,11-25-8-5-14(19)22-2)12-26-9-6-15(20)23-3;1-6-2-4-7(5-3-6)11(8,9)10;1-7-5-3-2-4-6-7;1-5(2,3)4/h5-8,24H,9-17H2,1-4H3;2-5,24,28-30H,6-14H2,1H3,(H,21,25)(H,22,26)(H,23,27);4-12,17H2,1-3H3;2-5H,1H3;2-6H,1H3;(H,2,3,4). The zero-order chi connectivity index (χ0) is 92.0. The van der Waals surface area contributed by atoms with Gasteiger partial charge in [-0.3, -0.25) is 63.3 Å². The van der Waals surface area contributed by atoms with E-state index in [1.807, 2.05) is 32.0 Å². The summed E-state index contributed by atoms with van der Waals surface area (Å²) >= 11 is 0. The van der Waals surface area contributed by atoms with E-state index in [2.05, 4.69) is 67.6 Å². The lowest BCUT2D eigenvalue weighted by molar-refractivity contribution is -0.144. The van der Waals surface area contributed by atoms with Gasteiger partial charge in [-0.2, -0.15) is 17.9 Å². The van der Waals surface area contributed by atoms with Crippen LogP contribution in [0.15, 0.2) is 118 Å². The van der Waals surface area contributed by atoms with Crippen LogP contribution in [0, 0.1) is 27.7 Å². The lowest BCUT2D eigenvalue weighted by atomic mass is 10.1. The van der Waals surface area contributed by atoms with E-state index >= 15 is 0 Å². The van der Waals surface area contributed by atoms with E-state index in [-0.39, 0.29) is 191 Å². The summed E-state index contributed by atoms with van der Waals surface area (Å²) in [6.07, 6.45) is -0.557. The number of hydrogen-bond acceptors (Lipinski definition) is 36. The number of hydroxylamine groups is 3. The van der Waals surface area contributed by atoms with Gasteiger partial charge in [-0.1, -0.05) is 89.0 Å². The Morgan fingerprint density at radius 3 is 0.694 bits per heavy atom. The minimum Gasteiger partial charge on any atom is -0.469 e. The Hall–Kier alpha value is -8.15. The second-order valence-electron chi connectivity index (χ2n) is 25.4. The minimum absolute atomic E-state index is 0.0103. The zero-order valence-electron chi connectivity index (χ0n) is 68.7. The quantitative estimate of drug-likeness (QED) is 0.00578. The van der Waals surface area contributed by atoms with Crippen molar-refractivity contribution in [3.63, 3.8) is 0 Å². The normalized spacial score (nSPS) is 11.3. The molecule has 0 unspecified atom stereocenters. The molecule has 0 spiro atoms. The highest BCUT2D eigenvalue weighted by Gasteiger charge is 2.39. The van der Waals surface area contributed by atoms with Crippen LogP contribution in [0.4, 0.5) is 0 Å². The fourth-order valence-electron chi connectivity index (χ4n) is 8.55. The first-order valence-electron chi connectivity index (χ1n) is 36.0. The summed E-state index contributed by atoms with van der Waals surface area (Å²) < 4.78 is 181. The molecule has 0 aliphatic rings. The van der Waals surface area contributed by atoms with Crippen molar-refractivity contribution in [2.24, 2.45) is 5.73 Å². The SMILES string of the molecule is COC(=O)CCOCC(COCCC(=O)OC)(COCCC(=O)OC)NS(=O)(=O)c1ccc(C)cc1.COC(=O)CCOCC(N)(COCCC(=O)OC)COCCC(=O)OC.Cc1ccc(S(=O)(=O)Cl)cc1.Cc1ccc(S(=O)(=O)NC(COCCC(=O)NO)(COCCC(=O)NO)COCCC(=O)NO)cc1.Cc1ccccc1.O=S(=O)(O)Cl. The lowest BCUT2D eigenvalue weighted by Crippen LogP contribution is -2.58. The molecule has 0 aliphatic carbocycles. The van der Waals surface area contributed by atoms with Crippen molar-refractivity contribution in [1.82, 2.24) is 25.9 Å². The molecule has 688 valence electrons. The summed E-state index contributed by atoms with van der Waals surface area (Å²) in [5, 5.41) is 25.9. The van der Waals surface area contributed by atoms with Crippen LogP contribution < -0.4 is 31.6 Å². The number of ether oxygens (including phenoxy) is 15. The van der Waals surface area contributed by atoms with Crippen LogP contribution >= 0.6 is 21.4 Å². The number of amides is 3. The number of hydrogen-bond donors (Lipinski definition) is 10. The molecule has 4 rings (SSSR count). The van der Waals surface area contributed by atoms with Gasteiger partial charge in [0, 0.05) is 21.4 Å². The van der Waals surface area contributed by atoms with Gasteiger partial charge >= 0.3 is 45.1 Å². The third kappa shape index (κ3) is 60.1. The molecule has 4 aromatic rings. The van der Waals surface area contributed by atoms with Gasteiger partial charge in [0.05, 0.1) is 240 Å². The van der Waals surface area contributed by atoms with Crippen molar-refractivity contribution >= 4 is 113 Å². The summed E-state index contributed by atoms with van der Waals surface area (Å²) in [6.45, 7) is 5.59. The topological polar surface area (TPSA) is 596 Å². The van der Waals surface area contributed by atoms with Crippen LogP contribution in [0.3, 0.4) is 0 Å². The molecule has 121 heavy (non-hydrogen) atoms. The number of methoxy groups -OCH3 is 6. The number of rotatable bonds is 52. The summed E-state index contributed by atoms with van der Waals surface area (Å²) in [5.74, 6) is -4.84. The first-order chi connectivity index (χ1) is 56.9. The molecule has 0 heterocycles. The highest BCUT2D eigenvalue weighted by molar-refractivity contribution is 8.13. The molecule has 4 aromatic carbocycles. The third-order valence-electron chi connectivity index (χ3n) is 14.9. The van der Waals surface area contributed by atoms with Crippen LogP contribution in [0.1, 0.15) is 80.0 Å². The van der Waals surface area contributed by atoms with E-state index < -0.39 is 109 Å². The number of carbonyl (C=O) groups excluding carboxylic acids is 9. The molecule has 0 aliphatic heterocycles. The molecule has 0 bridgehead atoms. The van der Waals surface area contributed by atoms with Crippen LogP contribution in [-0.2, 0) is 153 Å². The van der Waals surface area contributed by atoms with E-state index in [1.54, 1.807) is 43.3 Å². The number of nitrogens with one attached hydrogen (secondary N) is 5. The van der Waals surface area contributed by atoms with Crippen molar-refractivity contribution in [3.05, 3.63) is 125 Å².